The third-order valence-electron chi connectivity index (χ3n) is 2.71. The summed E-state index contributed by atoms with van der Waals surface area (Å²) in [5, 5.41) is 8.63. The maximum atomic E-state index is 8.63. The second kappa shape index (κ2) is 14.7. The predicted molar refractivity (Wildman–Crippen MR) is 81.2 cm³/mol. The molecule has 0 radical (unpaired) electrons. The third-order valence-corrected chi connectivity index (χ3v) is 3.04. The largest absolute Gasteiger partial charge is 0.396 e. The van der Waals surface area contributed by atoms with E-state index in [0.717, 1.165) is 32.1 Å². The summed E-state index contributed by atoms with van der Waals surface area (Å²) in [5.74, 6) is 6.15. The number of hydrogen-bond acceptors (Lipinski definition) is 2. The van der Waals surface area contributed by atoms with E-state index in [4.69, 9.17) is 9.63 Å². The fourth-order valence-electron chi connectivity index (χ4n) is 1.59. The molecule has 0 aromatic rings. The van der Waals surface area contributed by atoms with Crippen LogP contribution in [0.4, 0.5) is 0 Å². The molecular weight excluding hydrogens is 243 g/mol. The molecule has 0 heterocycles. The van der Waals surface area contributed by atoms with Crippen molar-refractivity contribution < 1.29 is 9.63 Å². The summed E-state index contributed by atoms with van der Waals surface area (Å²) in [4.78, 5) is 0. The van der Waals surface area contributed by atoms with Gasteiger partial charge in [-0.3, -0.25) is 0 Å². The van der Waals surface area contributed by atoms with Crippen molar-refractivity contribution in [1.82, 2.24) is 0 Å². The fourth-order valence-corrected chi connectivity index (χ4v) is 1.79. The van der Waals surface area contributed by atoms with Crippen LogP contribution in [0, 0.1) is 11.8 Å². The van der Waals surface area contributed by atoms with Crippen LogP contribution in [0.25, 0.3) is 0 Å². The molecule has 18 heavy (non-hydrogen) atoms. The maximum absolute atomic E-state index is 8.63. The Balaban J connectivity index is 3.66. The van der Waals surface area contributed by atoms with Gasteiger partial charge in [0.1, 0.15) is 6.10 Å². The van der Waals surface area contributed by atoms with Crippen molar-refractivity contribution in [3.8, 4) is 11.8 Å². The van der Waals surface area contributed by atoms with E-state index in [-0.39, 0.29) is 6.10 Å². The highest BCUT2D eigenvalue weighted by molar-refractivity contribution is 7.09. The van der Waals surface area contributed by atoms with Crippen LogP contribution in [-0.2, 0) is 4.52 Å². The van der Waals surface area contributed by atoms with E-state index in [0.29, 0.717) is 6.61 Å². The molecule has 0 fully saturated rings. The lowest BCUT2D eigenvalue weighted by atomic mass is 10.1. The molecule has 0 saturated heterocycles. The summed E-state index contributed by atoms with van der Waals surface area (Å²) >= 11 is 0. The summed E-state index contributed by atoms with van der Waals surface area (Å²) in [6.07, 6.45) is 12.9. The second-order valence-electron chi connectivity index (χ2n) is 4.38. The van der Waals surface area contributed by atoms with Crippen LogP contribution >= 0.6 is 9.47 Å². The van der Waals surface area contributed by atoms with Crippen molar-refractivity contribution in [1.29, 1.82) is 0 Å². The van der Waals surface area contributed by atoms with Gasteiger partial charge in [0.15, 0.2) is 0 Å². The van der Waals surface area contributed by atoms with Crippen LogP contribution in [-0.4, -0.2) is 17.8 Å². The van der Waals surface area contributed by atoms with Crippen LogP contribution in [0.15, 0.2) is 12.2 Å². The van der Waals surface area contributed by atoms with Gasteiger partial charge in [0, 0.05) is 16.1 Å². The Morgan fingerprint density at radius 2 is 2.06 bits per heavy atom. The molecular formula is C15H27O2P. The number of allylic oxidation sites excluding steroid dienone is 2. The fraction of sp³-hybridized carbons (Fsp3) is 0.733. The average Bonchev–Trinajstić information content (AvgIpc) is 2.40. The van der Waals surface area contributed by atoms with Gasteiger partial charge in [-0.25, -0.2) is 0 Å². The highest BCUT2D eigenvalue weighted by Crippen LogP contribution is 2.08. The molecule has 0 aromatic heterocycles. The van der Waals surface area contributed by atoms with Gasteiger partial charge in [-0.2, -0.15) is 0 Å². The number of aliphatic hydroxyl groups is 1. The Bertz CT molecular complexity index is 253. The van der Waals surface area contributed by atoms with E-state index < -0.39 is 0 Å². The minimum absolute atomic E-state index is 0.0422. The highest BCUT2D eigenvalue weighted by Gasteiger charge is 2.00. The number of unbranched alkanes of at least 4 members (excludes halogenated alkanes) is 5. The van der Waals surface area contributed by atoms with Crippen molar-refractivity contribution >= 4 is 9.47 Å². The van der Waals surface area contributed by atoms with Crippen molar-refractivity contribution in [2.75, 3.05) is 6.61 Å². The van der Waals surface area contributed by atoms with Crippen LogP contribution in [0.3, 0.4) is 0 Å². The quantitative estimate of drug-likeness (QED) is 0.371. The molecule has 2 unspecified atom stereocenters. The van der Waals surface area contributed by atoms with E-state index in [1.807, 2.05) is 6.08 Å². The number of rotatable bonds is 10. The number of aliphatic hydroxyl groups excluding tert-OH is 1. The average molecular weight is 270 g/mol. The van der Waals surface area contributed by atoms with E-state index in [1.165, 1.54) is 19.3 Å². The standard InChI is InChI=1S/C15H27O2P/c1-2-3-9-12-15(17-18)13-10-7-5-4-6-8-11-14-16/h5,7,15-16H,2-4,6,8-9,11-12,14,18H2,1H3/b7-5-. The molecule has 3 heteroatoms. The molecule has 0 aliphatic carbocycles. The summed E-state index contributed by atoms with van der Waals surface area (Å²) in [6.45, 7) is 2.50. The summed E-state index contributed by atoms with van der Waals surface area (Å²) in [5.41, 5.74) is 0. The Morgan fingerprint density at radius 3 is 2.72 bits per heavy atom. The molecule has 0 aromatic carbocycles. The van der Waals surface area contributed by atoms with Crippen molar-refractivity contribution in [2.45, 2.75) is 64.4 Å². The molecule has 0 aliphatic heterocycles. The zero-order valence-corrected chi connectivity index (χ0v) is 12.7. The third kappa shape index (κ3) is 12.1. The zero-order valence-electron chi connectivity index (χ0n) is 11.5. The first-order valence-electron chi connectivity index (χ1n) is 6.97. The first-order valence-corrected chi connectivity index (χ1v) is 7.44. The van der Waals surface area contributed by atoms with E-state index in [2.05, 4.69) is 34.3 Å². The first kappa shape index (κ1) is 17.6. The monoisotopic (exact) mass is 270 g/mol. The lowest BCUT2D eigenvalue weighted by molar-refractivity contribution is 0.283. The highest BCUT2D eigenvalue weighted by atomic mass is 31.0. The van der Waals surface area contributed by atoms with Gasteiger partial charge in [-0.05, 0) is 38.2 Å². The van der Waals surface area contributed by atoms with Gasteiger partial charge in [-0.15, -0.1) is 0 Å². The van der Waals surface area contributed by atoms with Crippen molar-refractivity contribution in [3.05, 3.63) is 12.2 Å². The Labute approximate surface area is 114 Å². The van der Waals surface area contributed by atoms with Crippen LogP contribution in [0.5, 0.6) is 0 Å². The van der Waals surface area contributed by atoms with E-state index in [1.54, 1.807) is 0 Å². The maximum Gasteiger partial charge on any atom is 0.122 e. The van der Waals surface area contributed by atoms with Gasteiger partial charge in [0.2, 0.25) is 0 Å². The lowest BCUT2D eigenvalue weighted by Crippen LogP contribution is -2.03. The number of hydrogen-bond donors (Lipinski definition) is 1. The van der Waals surface area contributed by atoms with E-state index >= 15 is 0 Å². The van der Waals surface area contributed by atoms with Gasteiger partial charge in [0.25, 0.3) is 0 Å². The van der Waals surface area contributed by atoms with Gasteiger partial charge in [0.05, 0.1) is 0 Å². The molecule has 0 aliphatic rings. The lowest BCUT2D eigenvalue weighted by Gasteiger charge is -2.06. The van der Waals surface area contributed by atoms with Gasteiger partial charge in [-0.1, -0.05) is 44.1 Å². The summed E-state index contributed by atoms with van der Waals surface area (Å²) in [7, 11) is 2.31. The van der Waals surface area contributed by atoms with E-state index in [9.17, 15) is 0 Å². The molecule has 2 atom stereocenters. The van der Waals surface area contributed by atoms with Crippen molar-refractivity contribution in [2.24, 2.45) is 0 Å². The molecule has 0 amide bonds. The minimum atomic E-state index is 0.0422. The zero-order chi connectivity index (χ0) is 13.5. The van der Waals surface area contributed by atoms with Crippen molar-refractivity contribution in [3.63, 3.8) is 0 Å². The first-order chi connectivity index (χ1) is 8.85. The molecule has 0 saturated carbocycles. The van der Waals surface area contributed by atoms with Crippen LogP contribution < -0.4 is 0 Å². The molecule has 104 valence electrons. The minimum Gasteiger partial charge on any atom is -0.396 e. The normalized spacial score (nSPS) is 12.4. The second-order valence-corrected chi connectivity index (χ2v) is 4.66. The molecule has 0 bridgehead atoms. The van der Waals surface area contributed by atoms with Crippen LogP contribution in [0.2, 0.25) is 0 Å². The Morgan fingerprint density at radius 1 is 1.22 bits per heavy atom. The molecule has 1 N–H and O–H groups in total. The topological polar surface area (TPSA) is 29.5 Å². The SMILES string of the molecule is CCCCCC(C#C/C=C\CCCCCO)OP. The van der Waals surface area contributed by atoms with Crippen LogP contribution in [0.1, 0.15) is 58.3 Å². The summed E-state index contributed by atoms with van der Waals surface area (Å²) in [6, 6.07) is 0. The molecule has 0 spiro atoms. The molecule has 2 nitrogen and oxygen atoms in total. The smallest absolute Gasteiger partial charge is 0.122 e. The van der Waals surface area contributed by atoms with Gasteiger partial charge >= 0.3 is 0 Å². The van der Waals surface area contributed by atoms with Gasteiger partial charge < -0.3 is 9.63 Å². The Hall–Kier alpha value is -0.350. The predicted octanol–water partition coefficient (Wildman–Crippen LogP) is 3.85. The molecule has 0 rings (SSSR count). The Kier molecular flexibility index (Phi) is 14.4. The summed E-state index contributed by atoms with van der Waals surface area (Å²) < 4.78 is 5.24.